The van der Waals surface area contributed by atoms with Crippen LogP contribution in [0.3, 0.4) is 0 Å². The average molecular weight is 1040 g/mol. The molecule has 4 rings (SSSR count). The van der Waals surface area contributed by atoms with Gasteiger partial charge in [-0.25, -0.2) is 0 Å². The summed E-state index contributed by atoms with van der Waals surface area (Å²) in [5.74, 6) is 1.11. The fourth-order valence-electron chi connectivity index (χ4n) is 4.59. The van der Waals surface area contributed by atoms with E-state index in [0.29, 0.717) is 12.1 Å². The molecule has 2 aliphatic heterocycles. The maximum absolute atomic E-state index is 13.1. The molecule has 1 saturated heterocycles. The van der Waals surface area contributed by atoms with Crippen LogP contribution in [0.25, 0.3) is 0 Å². The van der Waals surface area contributed by atoms with Crippen LogP contribution < -0.4 is 15.4 Å². The van der Waals surface area contributed by atoms with Crippen LogP contribution in [0.2, 0.25) is 0 Å². The van der Waals surface area contributed by atoms with Gasteiger partial charge < -0.3 is 20.5 Å². The van der Waals surface area contributed by atoms with Crippen molar-refractivity contribution in [1.29, 1.82) is 0 Å². The van der Waals surface area contributed by atoms with E-state index in [1.54, 1.807) is 6.07 Å². The Morgan fingerprint density at radius 1 is 1.17 bits per heavy atom. The minimum Gasteiger partial charge on any atom is -0.464 e. The highest BCUT2D eigenvalue weighted by atomic mass is 127. The number of piperidine rings is 1. The first-order valence-electron chi connectivity index (χ1n) is 11.2. The average Bonchev–Trinajstić information content (AvgIpc) is 2.76. The first-order chi connectivity index (χ1) is 16.3. The van der Waals surface area contributed by atoms with E-state index in [0.717, 1.165) is 36.8 Å². The number of halogens is 5. The monoisotopic (exact) mass is 1040 g/mol. The Morgan fingerprint density at radius 3 is 2.51 bits per heavy atom. The molecule has 190 valence electrons. The molecular weight excluding hydrogens is 1010 g/mol. The van der Waals surface area contributed by atoms with Gasteiger partial charge in [0.2, 0.25) is 1.61 Å². The molecule has 0 aromatic heterocycles. The largest absolute Gasteiger partial charge is 0.464 e. The molecule has 35 heavy (non-hydrogen) atoms. The second-order valence-corrected chi connectivity index (χ2v) is 25.9. The Hall–Kier alpha value is 1.08. The van der Waals surface area contributed by atoms with Crippen molar-refractivity contribution in [2.24, 2.45) is 11.8 Å². The summed E-state index contributed by atoms with van der Waals surface area (Å²) >= 11 is 11.8. The molecule has 0 bridgehead atoms. The first-order valence-corrected chi connectivity index (χ1v) is 16.6. The zero-order valence-electron chi connectivity index (χ0n) is 19.1. The summed E-state index contributed by atoms with van der Waals surface area (Å²) in [4.78, 5) is 15.5. The van der Waals surface area contributed by atoms with Crippen molar-refractivity contribution in [2.45, 2.75) is 27.5 Å². The number of aliphatic hydroxyl groups is 1. The van der Waals surface area contributed by atoms with Crippen molar-refractivity contribution < 1.29 is 14.6 Å². The highest BCUT2D eigenvalue weighted by Gasteiger charge is 2.33. The number of anilines is 2. The Bertz CT molecular complexity index is 1100. The molecule has 1 fully saturated rings. The third kappa shape index (κ3) is 7.39. The molecule has 0 radical (unpaired) electrons. The number of nitrogens with zero attached hydrogens (tertiary/aromatic N) is 1. The van der Waals surface area contributed by atoms with Crippen LogP contribution in [-0.2, 0) is 5.98 Å². The normalized spacial score (nSPS) is 24.2. The summed E-state index contributed by atoms with van der Waals surface area (Å²) in [6, 6.07) is 11.7. The molecule has 0 spiro atoms. The van der Waals surface area contributed by atoms with Gasteiger partial charge in [0.25, 0.3) is 5.91 Å². The van der Waals surface area contributed by atoms with Crippen LogP contribution in [0.15, 0.2) is 36.4 Å². The number of likely N-dealkylation sites (tertiary alicyclic amines) is 1. The molecule has 0 aliphatic carbocycles. The summed E-state index contributed by atoms with van der Waals surface area (Å²) in [5.41, 5.74) is 4.62. The quantitative estimate of drug-likeness (QED) is 0.220. The van der Waals surface area contributed by atoms with E-state index >= 15 is 0 Å². The maximum Gasteiger partial charge on any atom is 0.255 e. The van der Waals surface area contributed by atoms with E-state index in [1.807, 2.05) is 18.2 Å². The molecule has 6 nitrogen and oxygen atoms in total. The van der Waals surface area contributed by atoms with Crippen LogP contribution >= 0.6 is 113 Å². The molecule has 0 saturated carbocycles. The molecule has 3 N–H and O–H groups in total. The smallest absolute Gasteiger partial charge is 0.255 e. The van der Waals surface area contributed by atoms with Crippen molar-refractivity contribution in [1.82, 2.24) is 4.90 Å². The Balaban J connectivity index is 1.51. The predicted octanol–water partition coefficient (Wildman–Crippen LogP) is 7.13. The van der Waals surface area contributed by atoms with E-state index in [9.17, 15) is 9.90 Å². The van der Waals surface area contributed by atoms with Crippen molar-refractivity contribution in [3.05, 3.63) is 53.1 Å². The number of benzene rings is 2. The Kier molecular flexibility index (Phi) is 9.70. The summed E-state index contributed by atoms with van der Waals surface area (Å²) in [5, 5.41) is 16.8. The first kappa shape index (κ1) is 29.1. The second-order valence-electron chi connectivity index (χ2n) is 9.27. The van der Waals surface area contributed by atoms with Crippen LogP contribution in [0.5, 0.6) is 5.75 Å². The lowest BCUT2D eigenvalue weighted by Gasteiger charge is -2.39. The molecule has 3 atom stereocenters. The molecular formula is C24H26I5N3O3. The van der Waals surface area contributed by atoms with Crippen LogP contribution in [0, 0.1) is 11.8 Å². The van der Waals surface area contributed by atoms with E-state index in [2.05, 4.69) is 154 Å². The van der Waals surface area contributed by atoms with Crippen LogP contribution in [-0.4, -0.2) is 43.3 Å². The van der Waals surface area contributed by atoms with Gasteiger partial charge in [-0.15, -0.1) is 0 Å². The number of aliphatic hydroxyl groups excluding tert-OH is 1. The number of fused-ring (bicyclic) bond motifs is 1. The SMILES string of the molecule is C[C@@H]1CN(Cc2ccc(NC(=O)c3ccc4c(c3)NCC(I)(I)O4)cc2C(I)(I)I)C[C@H](C)C1O. The number of hydrogen-bond donors (Lipinski definition) is 3. The van der Waals surface area contributed by atoms with Gasteiger partial charge in [0.1, 0.15) is 5.18 Å². The number of alkyl halides is 5. The van der Waals surface area contributed by atoms with Gasteiger partial charge >= 0.3 is 0 Å². The lowest BCUT2D eigenvalue weighted by Crippen LogP contribution is -2.47. The number of rotatable bonds is 5. The molecule has 1 unspecified atom stereocenters. The van der Waals surface area contributed by atoms with Crippen molar-refractivity contribution in [2.75, 3.05) is 30.3 Å². The Labute approximate surface area is 274 Å². The molecule has 2 heterocycles. The predicted molar refractivity (Wildman–Crippen MR) is 184 cm³/mol. The fraction of sp³-hybridized carbons (Fsp3) is 0.458. The van der Waals surface area contributed by atoms with Gasteiger partial charge in [-0.1, -0.05) is 19.9 Å². The molecule has 2 aromatic rings. The number of ether oxygens (including phenoxy) is 1. The Morgan fingerprint density at radius 2 is 1.86 bits per heavy atom. The summed E-state index contributed by atoms with van der Waals surface area (Å²) in [6.07, 6.45) is -0.239. The molecule has 2 aromatic carbocycles. The van der Waals surface area contributed by atoms with Gasteiger partial charge in [0.15, 0.2) is 0 Å². The zero-order valence-corrected chi connectivity index (χ0v) is 29.9. The van der Waals surface area contributed by atoms with E-state index in [-0.39, 0.29) is 24.9 Å². The standard InChI is InChI=1S/C24H26I5N3O3/c1-13-9-32(10-14(2)21(13)33)11-16-3-5-17(8-18(16)24(27,28)29)31-22(34)15-4-6-20-19(7-15)30-12-23(25,26)35-20/h3-8,13-14,21,30,33H,9-12H2,1-2H3,(H,31,34)/t13-,14+,21?. The van der Waals surface area contributed by atoms with Gasteiger partial charge in [-0.3, -0.25) is 9.69 Å². The van der Waals surface area contributed by atoms with Crippen molar-refractivity contribution in [3.63, 3.8) is 0 Å². The number of carbonyl (C=O) groups excluding carboxylic acids is 1. The molecule has 2 aliphatic rings. The second kappa shape index (κ2) is 11.7. The van der Waals surface area contributed by atoms with Crippen LogP contribution in [0.1, 0.15) is 35.3 Å². The number of amides is 1. The van der Waals surface area contributed by atoms with Gasteiger partial charge in [-0.2, -0.15) is 0 Å². The lowest BCUT2D eigenvalue weighted by molar-refractivity contribution is -0.0107. The highest BCUT2D eigenvalue weighted by Crippen LogP contribution is 2.48. The minimum atomic E-state index is -0.334. The topological polar surface area (TPSA) is 73.8 Å². The summed E-state index contributed by atoms with van der Waals surface area (Å²) < 4.78 is 5.49. The number of nitrogens with one attached hydrogen (secondary N) is 2. The maximum atomic E-state index is 13.1. The van der Waals surface area contributed by atoms with Crippen LogP contribution in [0.4, 0.5) is 11.4 Å². The van der Waals surface area contributed by atoms with Crippen molar-refractivity contribution >= 4 is 130 Å². The van der Waals surface area contributed by atoms with E-state index in [4.69, 9.17) is 4.74 Å². The van der Waals surface area contributed by atoms with Gasteiger partial charge in [-0.05, 0) is 166 Å². The number of hydrogen-bond acceptors (Lipinski definition) is 5. The third-order valence-electron chi connectivity index (χ3n) is 6.31. The lowest BCUT2D eigenvalue weighted by atomic mass is 9.88. The van der Waals surface area contributed by atoms with E-state index in [1.165, 1.54) is 11.1 Å². The zero-order chi connectivity index (χ0) is 25.5. The summed E-state index contributed by atoms with van der Waals surface area (Å²) in [7, 11) is 0. The molecule has 11 heteroatoms. The summed E-state index contributed by atoms with van der Waals surface area (Å²) in [6.45, 7) is 7.49. The third-order valence-corrected chi connectivity index (χ3v) is 9.26. The molecule has 1 amide bonds. The highest BCUT2D eigenvalue weighted by molar-refractivity contribution is 14.3. The van der Waals surface area contributed by atoms with Gasteiger partial charge in [0.05, 0.1) is 18.3 Å². The van der Waals surface area contributed by atoms with Gasteiger partial charge in [0, 0.05) is 30.9 Å². The fourth-order valence-corrected chi connectivity index (χ4v) is 6.95. The minimum absolute atomic E-state index is 0.150. The van der Waals surface area contributed by atoms with E-state index < -0.39 is 0 Å². The number of carbonyl (C=O) groups is 1. The van der Waals surface area contributed by atoms with Crippen molar-refractivity contribution in [3.8, 4) is 5.75 Å².